The van der Waals surface area contributed by atoms with E-state index in [4.69, 9.17) is 14.0 Å². The zero-order valence-corrected chi connectivity index (χ0v) is 13.6. The Morgan fingerprint density at radius 1 is 1.24 bits per heavy atom. The molecule has 3 rings (SSSR count). The van der Waals surface area contributed by atoms with Crippen LogP contribution in [0.2, 0.25) is 0 Å². The second-order valence-corrected chi connectivity index (χ2v) is 7.23. The van der Waals surface area contributed by atoms with Crippen LogP contribution in [0.3, 0.4) is 0 Å². The molecule has 0 atom stereocenters. The number of aromatic nitrogens is 1. The van der Waals surface area contributed by atoms with Gasteiger partial charge in [0.15, 0.2) is 0 Å². The molecule has 0 spiro atoms. The van der Waals surface area contributed by atoms with E-state index in [1.165, 1.54) is 12.8 Å². The molecule has 0 amide bonds. The third kappa shape index (κ3) is 2.95. The molecule has 2 heterocycles. The van der Waals surface area contributed by atoms with Crippen molar-refractivity contribution in [3.05, 3.63) is 17.8 Å². The molecule has 21 heavy (non-hydrogen) atoms. The van der Waals surface area contributed by atoms with E-state index >= 15 is 0 Å². The minimum atomic E-state index is -0.362. The first-order valence-electron chi connectivity index (χ1n) is 7.73. The van der Waals surface area contributed by atoms with Crippen LogP contribution in [0, 0.1) is 12.8 Å². The van der Waals surface area contributed by atoms with Crippen molar-refractivity contribution in [1.82, 2.24) is 4.98 Å². The Hall–Kier alpha value is -1.07. The molecular weight excluding hydrogens is 265 g/mol. The van der Waals surface area contributed by atoms with Crippen molar-refractivity contribution in [3.63, 3.8) is 0 Å². The minimum absolute atomic E-state index is 0.327. The maximum absolute atomic E-state index is 6.05. The number of hydrogen-bond donors (Lipinski definition) is 0. The normalized spacial score (nSPS) is 23.4. The molecule has 1 aliphatic heterocycles. The second-order valence-electron chi connectivity index (χ2n) is 7.23. The van der Waals surface area contributed by atoms with Crippen LogP contribution in [0.5, 0.6) is 5.88 Å². The number of aryl methyl sites for hydroxylation is 1. The van der Waals surface area contributed by atoms with Gasteiger partial charge in [0.2, 0.25) is 5.88 Å². The van der Waals surface area contributed by atoms with Gasteiger partial charge in [-0.25, -0.2) is 4.98 Å². The summed E-state index contributed by atoms with van der Waals surface area (Å²) in [6, 6.07) is 2.05. The Balaban J connectivity index is 1.73. The zero-order valence-electron chi connectivity index (χ0n) is 13.6. The molecule has 0 radical (unpaired) electrons. The number of pyridine rings is 1. The van der Waals surface area contributed by atoms with E-state index in [2.05, 4.69) is 38.7 Å². The van der Waals surface area contributed by atoms with Gasteiger partial charge >= 0.3 is 7.12 Å². The standard InChI is InChI=1S/C16H24BNO3/c1-11-8-13(9-18-14(11)19-10-12-6-7-12)17-20-15(2,3)16(4,5)21-17/h8-9,12H,6-7,10H2,1-5H3. The molecule has 1 aromatic rings. The SMILES string of the molecule is Cc1cc(B2OC(C)(C)C(C)(C)O2)cnc1OCC1CC1. The fourth-order valence-corrected chi connectivity index (χ4v) is 2.32. The topological polar surface area (TPSA) is 40.6 Å². The molecular formula is C16H24BNO3. The van der Waals surface area contributed by atoms with E-state index in [1.54, 1.807) is 6.20 Å². The Morgan fingerprint density at radius 2 is 1.86 bits per heavy atom. The van der Waals surface area contributed by atoms with Crippen molar-refractivity contribution < 1.29 is 14.0 Å². The number of rotatable bonds is 4. The molecule has 4 nitrogen and oxygen atoms in total. The van der Waals surface area contributed by atoms with Gasteiger partial charge in [0, 0.05) is 17.2 Å². The summed E-state index contributed by atoms with van der Waals surface area (Å²) in [6.45, 7) is 11.0. The molecule has 1 aromatic heterocycles. The van der Waals surface area contributed by atoms with Crippen LogP contribution in [-0.4, -0.2) is 29.9 Å². The van der Waals surface area contributed by atoms with Crippen LogP contribution in [0.25, 0.3) is 0 Å². The van der Waals surface area contributed by atoms with Crippen LogP contribution in [0.4, 0.5) is 0 Å². The van der Waals surface area contributed by atoms with E-state index in [1.807, 2.05) is 6.92 Å². The first kappa shape index (κ1) is 14.9. The van der Waals surface area contributed by atoms with Crippen LogP contribution in [0.15, 0.2) is 12.3 Å². The molecule has 2 aliphatic rings. The largest absolute Gasteiger partial charge is 0.496 e. The Kier molecular flexibility index (Phi) is 3.53. The van der Waals surface area contributed by atoms with E-state index in [0.29, 0.717) is 0 Å². The molecule has 1 saturated heterocycles. The lowest BCUT2D eigenvalue weighted by Gasteiger charge is -2.32. The van der Waals surface area contributed by atoms with Crippen molar-refractivity contribution in [2.45, 2.75) is 58.7 Å². The first-order chi connectivity index (χ1) is 9.78. The Labute approximate surface area is 127 Å². The van der Waals surface area contributed by atoms with Crippen LogP contribution in [-0.2, 0) is 9.31 Å². The second kappa shape index (κ2) is 4.99. The maximum Gasteiger partial charge on any atom is 0.496 e. The maximum atomic E-state index is 6.05. The van der Waals surface area contributed by atoms with Gasteiger partial charge in [-0.15, -0.1) is 0 Å². The molecule has 2 fully saturated rings. The predicted octanol–water partition coefficient (Wildman–Crippen LogP) is 2.48. The average Bonchev–Trinajstić information content (AvgIpc) is 3.16. The Bertz CT molecular complexity index is 524. The third-order valence-corrected chi connectivity index (χ3v) is 4.73. The van der Waals surface area contributed by atoms with Crippen LogP contribution >= 0.6 is 0 Å². The molecule has 0 bridgehead atoms. The number of nitrogens with zero attached hydrogens (tertiary/aromatic N) is 1. The van der Waals surface area contributed by atoms with Crippen molar-refractivity contribution in [1.29, 1.82) is 0 Å². The summed E-state index contributed by atoms with van der Waals surface area (Å²) in [7, 11) is -0.362. The van der Waals surface area contributed by atoms with E-state index in [9.17, 15) is 0 Å². The van der Waals surface area contributed by atoms with Crippen LogP contribution < -0.4 is 10.2 Å². The molecule has 0 unspecified atom stereocenters. The highest BCUT2D eigenvalue weighted by Crippen LogP contribution is 2.36. The van der Waals surface area contributed by atoms with Crippen LogP contribution in [0.1, 0.15) is 46.1 Å². The van der Waals surface area contributed by atoms with Gasteiger partial charge in [-0.2, -0.15) is 0 Å². The Morgan fingerprint density at radius 3 is 2.38 bits per heavy atom. The van der Waals surface area contributed by atoms with Gasteiger partial charge in [0.05, 0.1) is 17.8 Å². The minimum Gasteiger partial charge on any atom is -0.477 e. The van der Waals surface area contributed by atoms with Gasteiger partial charge in [-0.05, 0) is 53.4 Å². The summed E-state index contributed by atoms with van der Waals surface area (Å²) in [4.78, 5) is 4.44. The summed E-state index contributed by atoms with van der Waals surface area (Å²) < 4.78 is 17.9. The average molecular weight is 289 g/mol. The highest BCUT2D eigenvalue weighted by molar-refractivity contribution is 6.62. The fourth-order valence-electron chi connectivity index (χ4n) is 2.32. The summed E-state index contributed by atoms with van der Waals surface area (Å²) in [6.07, 6.45) is 4.37. The lowest BCUT2D eigenvalue weighted by atomic mass is 9.80. The smallest absolute Gasteiger partial charge is 0.477 e. The van der Waals surface area contributed by atoms with Crippen molar-refractivity contribution in [3.8, 4) is 5.88 Å². The quantitative estimate of drug-likeness (QED) is 0.798. The summed E-state index contributed by atoms with van der Waals surface area (Å²) in [5.74, 6) is 1.45. The molecule has 1 saturated carbocycles. The molecule has 5 heteroatoms. The summed E-state index contributed by atoms with van der Waals surface area (Å²) in [5, 5.41) is 0. The summed E-state index contributed by atoms with van der Waals surface area (Å²) >= 11 is 0. The van der Waals surface area contributed by atoms with Gasteiger partial charge in [-0.3, -0.25) is 0 Å². The van der Waals surface area contributed by atoms with Crippen molar-refractivity contribution in [2.75, 3.05) is 6.61 Å². The number of ether oxygens (including phenoxy) is 1. The predicted molar refractivity (Wildman–Crippen MR) is 82.9 cm³/mol. The van der Waals surface area contributed by atoms with Gasteiger partial charge < -0.3 is 14.0 Å². The number of hydrogen-bond acceptors (Lipinski definition) is 4. The molecule has 1 aliphatic carbocycles. The van der Waals surface area contributed by atoms with Crippen molar-refractivity contribution in [2.24, 2.45) is 5.92 Å². The summed E-state index contributed by atoms with van der Waals surface area (Å²) in [5.41, 5.74) is 1.33. The van der Waals surface area contributed by atoms with E-state index in [0.717, 1.165) is 29.4 Å². The first-order valence-corrected chi connectivity index (χ1v) is 7.73. The zero-order chi connectivity index (χ0) is 15.3. The highest BCUT2D eigenvalue weighted by atomic mass is 16.7. The molecule has 114 valence electrons. The molecule has 0 N–H and O–H groups in total. The van der Waals surface area contributed by atoms with E-state index in [-0.39, 0.29) is 18.3 Å². The lowest BCUT2D eigenvalue weighted by molar-refractivity contribution is 0.00578. The lowest BCUT2D eigenvalue weighted by Crippen LogP contribution is -2.41. The fraction of sp³-hybridized carbons (Fsp3) is 0.688. The van der Waals surface area contributed by atoms with E-state index < -0.39 is 0 Å². The third-order valence-electron chi connectivity index (χ3n) is 4.73. The van der Waals surface area contributed by atoms with Crippen molar-refractivity contribution >= 4 is 12.6 Å². The van der Waals surface area contributed by atoms with Gasteiger partial charge in [0.25, 0.3) is 0 Å². The monoisotopic (exact) mass is 289 g/mol. The highest BCUT2D eigenvalue weighted by Gasteiger charge is 2.51. The van der Waals surface area contributed by atoms with Gasteiger partial charge in [0.1, 0.15) is 0 Å². The molecule has 0 aromatic carbocycles. The van der Waals surface area contributed by atoms with Gasteiger partial charge in [-0.1, -0.05) is 6.07 Å².